The lowest BCUT2D eigenvalue weighted by molar-refractivity contribution is 0.0952. The highest BCUT2D eigenvalue weighted by molar-refractivity contribution is 5.97. The van der Waals surface area contributed by atoms with Crippen molar-refractivity contribution in [2.24, 2.45) is 0 Å². The lowest BCUT2D eigenvalue weighted by Gasteiger charge is -2.05. The molecule has 0 aliphatic carbocycles. The van der Waals surface area contributed by atoms with E-state index in [0.29, 0.717) is 12.1 Å². The number of aromatic amines is 1. The average Bonchev–Trinajstić information content (AvgIpc) is 3.13. The van der Waals surface area contributed by atoms with Gasteiger partial charge in [-0.05, 0) is 36.1 Å². The monoisotopic (exact) mass is 268 g/mol. The summed E-state index contributed by atoms with van der Waals surface area (Å²) in [5.41, 5.74) is 1.66. The third-order valence-electron chi connectivity index (χ3n) is 3.23. The smallest absolute Gasteiger partial charge is 0.251 e. The summed E-state index contributed by atoms with van der Waals surface area (Å²) in [7, 11) is 0. The van der Waals surface area contributed by atoms with Gasteiger partial charge in [0.25, 0.3) is 5.91 Å². The number of fused-ring (bicyclic) bond motifs is 1. The van der Waals surface area contributed by atoms with E-state index in [1.54, 1.807) is 6.20 Å². The molecule has 1 aromatic carbocycles. The Bertz CT molecular complexity index is 700. The van der Waals surface area contributed by atoms with Crippen molar-refractivity contribution in [3.63, 3.8) is 0 Å². The van der Waals surface area contributed by atoms with E-state index < -0.39 is 0 Å². The molecule has 0 bridgehead atoms. The molecule has 0 saturated heterocycles. The molecular weight excluding hydrogens is 252 g/mol. The molecule has 0 fully saturated rings. The first-order valence-electron chi connectivity index (χ1n) is 6.66. The Morgan fingerprint density at radius 2 is 2.30 bits per heavy atom. The minimum Gasteiger partial charge on any atom is -0.361 e. The van der Waals surface area contributed by atoms with Crippen molar-refractivity contribution in [3.05, 3.63) is 54.5 Å². The number of amides is 1. The molecule has 2 aromatic heterocycles. The van der Waals surface area contributed by atoms with Crippen LogP contribution >= 0.6 is 0 Å². The van der Waals surface area contributed by atoms with Crippen molar-refractivity contribution in [1.29, 1.82) is 0 Å². The molecule has 3 aromatic rings. The predicted molar refractivity (Wildman–Crippen MR) is 77.5 cm³/mol. The van der Waals surface area contributed by atoms with Crippen LogP contribution in [0.2, 0.25) is 0 Å². The molecule has 0 unspecified atom stereocenters. The Kier molecular flexibility index (Phi) is 3.50. The second-order valence-corrected chi connectivity index (χ2v) is 4.66. The topological polar surface area (TPSA) is 62.7 Å². The first-order valence-corrected chi connectivity index (χ1v) is 6.66. The van der Waals surface area contributed by atoms with Crippen LogP contribution in [0, 0.1) is 0 Å². The SMILES string of the molecule is O=C(NCCCn1cccn1)c1ccc2cc[nH]c2c1. The largest absolute Gasteiger partial charge is 0.361 e. The number of nitrogens with zero attached hydrogens (tertiary/aromatic N) is 2. The molecule has 0 saturated carbocycles. The number of rotatable bonds is 5. The molecule has 5 nitrogen and oxygen atoms in total. The van der Waals surface area contributed by atoms with E-state index in [2.05, 4.69) is 15.4 Å². The zero-order valence-electron chi connectivity index (χ0n) is 11.0. The molecule has 0 aliphatic heterocycles. The van der Waals surface area contributed by atoms with Crippen LogP contribution in [0.15, 0.2) is 48.9 Å². The summed E-state index contributed by atoms with van der Waals surface area (Å²) in [5, 5.41) is 8.15. The molecule has 2 N–H and O–H groups in total. The number of carbonyl (C=O) groups is 1. The van der Waals surface area contributed by atoms with E-state index >= 15 is 0 Å². The Labute approximate surface area is 116 Å². The van der Waals surface area contributed by atoms with Crippen LogP contribution in [-0.4, -0.2) is 27.2 Å². The summed E-state index contributed by atoms with van der Waals surface area (Å²) < 4.78 is 1.86. The molecule has 102 valence electrons. The Morgan fingerprint density at radius 3 is 3.15 bits per heavy atom. The third-order valence-corrected chi connectivity index (χ3v) is 3.23. The van der Waals surface area contributed by atoms with Gasteiger partial charge in [-0.25, -0.2) is 0 Å². The van der Waals surface area contributed by atoms with Gasteiger partial charge >= 0.3 is 0 Å². The van der Waals surface area contributed by atoms with E-state index in [4.69, 9.17) is 0 Å². The maximum atomic E-state index is 12.0. The van der Waals surface area contributed by atoms with Crippen LogP contribution in [0.3, 0.4) is 0 Å². The van der Waals surface area contributed by atoms with Gasteiger partial charge in [-0.3, -0.25) is 9.48 Å². The summed E-state index contributed by atoms with van der Waals surface area (Å²) in [4.78, 5) is 15.1. The summed E-state index contributed by atoms with van der Waals surface area (Å²) in [5.74, 6) is -0.0398. The van der Waals surface area contributed by atoms with Gasteiger partial charge < -0.3 is 10.3 Å². The molecule has 5 heteroatoms. The highest BCUT2D eigenvalue weighted by atomic mass is 16.1. The number of carbonyl (C=O) groups excluding carboxylic acids is 1. The average molecular weight is 268 g/mol. The zero-order valence-corrected chi connectivity index (χ0v) is 11.0. The van der Waals surface area contributed by atoms with Crippen molar-refractivity contribution in [2.45, 2.75) is 13.0 Å². The molecule has 0 aliphatic rings. The maximum absolute atomic E-state index is 12.0. The summed E-state index contributed by atoms with van der Waals surface area (Å²) >= 11 is 0. The first-order chi connectivity index (χ1) is 9.83. The summed E-state index contributed by atoms with van der Waals surface area (Å²) in [6, 6.07) is 9.55. The van der Waals surface area contributed by atoms with Crippen molar-refractivity contribution in [1.82, 2.24) is 20.1 Å². The maximum Gasteiger partial charge on any atom is 0.251 e. The summed E-state index contributed by atoms with van der Waals surface area (Å²) in [6.45, 7) is 1.45. The fourth-order valence-corrected chi connectivity index (χ4v) is 2.17. The quantitative estimate of drug-likeness (QED) is 0.697. The minimum absolute atomic E-state index is 0.0398. The molecule has 0 radical (unpaired) electrons. The van der Waals surface area contributed by atoms with Crippen molar-refractivity contribution < 1.29 is 4.79 Å². The third kappa shape index (κ3) is 2.71. The lowest BCUT2D eigenvalue weighted by atomic mass is 10.1. The number of H-pyrrole nitrogens is 1. The molecule has 2 heterocycles. The van der Waals surface area contributed by atoms with Gasteiger partial charge in [-0.1, -0.05) is 6.07 Å². The molecule has 0 spiro atoms. The second-order valence-electron chi connectivity index (χ2n) is 4.66. The van der Waals surface area contributed by atoms with E-state index in [1.807, 2.05) is 47.4 Å². The number of benzene rings is 1. The number of nitrogens with one attached hydrogen (secondary N) is 2. The molecule has 1 amide bonds. The van der Waals surface area contributed by atoms with Gasteiger partial charge in [0.05, 0.1) is 0 Å². The van der Waals surface area contributed by atoms with Crippen molar-refractivity contribution >= 4 is 16.8 Å². The van der Waals surface area contributed by atoms with Gasteiger partial charge in [0.2, 0.25) is 0 Å². The minimum atomic E-state index is -0.0398. The van der Waals surface area contributed by atoms with Crippen LogP contribution < -0.4 is 5.32 Å². The van der Waals surface area contributed by atoms with E-state index in [-0.39, 0.29) is 5.91 Å². The van der Waals surface area contributed by atoms with Crippen LogP contribution in [0.4, 0.5) is 0 Å². The van der Waals surface area contributed by atoms with Gasteiger partial charge in [0.15, 0.2) is 0 Å². The molecular formula is C15H16N4O. The normalized spacial score (nSPS) is 10.8. The fourth-order valence-electron chi connectivity index (χ4n) is 2.17. The van der Waals surface area contributed by atoms with Crippen LogP contribution in [0.5, 0.6) is 0 Å². The Balaban J connectivity index is 1.53. The summed E-state index contributed by atoms with van der Waals surface area (Å²) in [6.07, 6.45) is 6.40. The van der Waals surface area contributed by atoms with E-state index in [1.165, 1.54) is 0 Å². The number of hydrogen-bond acceptors (Lipinski definition) is 2. The van der Waals surface area contributed by atoms with Crippen molar-refractivity contribution in [2.75, 3.05) is 6.54 Å². The standard InChI is InChI=1S/C15H16N4O/c20-15(17-6-1-9-19-10-2-7-18-19)13-4-3-12-5-8-16-14(12)11-13/h2-5,7-8,10-11,16H,1,6,9H2,(H,17,20). The molecule has 20 heavy (non-hydrogen) atoms. The lowest BCUT2D eigenvalue weighted by Crippen LogP contribution is -2.25. The highest BCUT2D eigenvalue weighted by Gasteiger charge is 2.06. The fraction of sp³-hybridized carbons (Fsp3) is 0.200. The van der Waals surface area contributed by atoms with E-state index in [9.17, 15) is 4.79 Å². The van der Waals surface area contributed by atoms with Gasteiger partial charge in [0.1, 0.15) is 0 Å². The Morgan fingerprint density at radius 1 is 1.35 bits per heavy atom. The zero-order chi connectivity index (χ0) is 13.8. The Hall–Kier alpha value is -2.56. The van der Waals surface area contributed by atoms with Crippen LogP contribution in [0.25, 0.3) is 10.9 Å². The van der Waals surface area contributed by atoms with Crippen LogP contribution in [-0.2, 0) is 6.54 Å². The molecule has 0 atom stereocenters. The number of hydrogen-bond donors (Lipinski definition) is 2. The first kappa shape index (κ1) is 12.5. The van der Waals surface area contributed by atoms with Gasteiger partial charge in [-0.15, -0.1) is 0 Å². The van der Waals surface area contributed by atoms with Crippen molar-refractivity contribution in [3.8, 4) is 0 Å². The second kappa shape index (κ2) is 5.61. The van der Waals surface area contributed by atoms with Gasteiger partial charge in [-0.2, -0.15) is 5.10 Å². The molecule has 3 rings (SSSR count). The highest BCUT2D eigenvalue weighted by Crippen LogP contribution is 2.13. The number of aromatic nitrogens is 3. The van der Waals surface area contributed by atoms with Gasteiger partial charge in [0, 0.05) is 42.8 Å². The van der Waals surface area contributed by atoms with E-state index in [0.717, 1.165) is 23.9 Å². The number of aryl methyl sites for hydroxylation is 1. The van der Waals surface area contributed by atoms with Crippen LogP contribution in [0.1, 0.15) is 16.8 Å². The predicted octanol–water partition coefficient (Wildman–Crippen LogP) is 2.18.